The molecule has 3 N–H and O–H groups in total. The van der Waals surface area contributed by atoms with E-state index in [0.29, 0.717) is 24.2 Å². The van der Waals surface area contributed by atoms with Gasteiger partial charge < -0.3 is 15.8 Å². The monoisotopic (exact) mass is 385 g/mol. The fraction of sp³-hybridized carbons (Fsp3) is 0.591. The Bertz CT molecular complexity index is 735. The lowest BCUT2D eigenvalue weighted by atomic mass is 10.0. The summed E-state index contributed by atoms with van der Waals surface area (Å²) in [5.41, 5.74) is 9.40. The summed E-state index contributed by atoms with van der Waals surface area (Å²) in [6.07, 6.45) is 11.1. The molecule has 2 aromatic rings. The van der Waals surface area contributed by atoms with E-state index in [1.54, 1.807) is 6.20 Å². The molecule has 2 rings (SSSR count). The topological polar surface area (TPSA) is 86.0 Å². The van der Waals surface area contributed by atoms with Crippen LogP contribution in [0, 0.1) is 0 Å². The van der Waals surface area contributed by atoms with E-state index < -0.39 is 0 Å². The Morgan fingerprint density at radius 2 is 1.89 bits per heavy atom. The molecule has 0 aromatic carbocycles. The fourth-order valence-electron chi connectivity index (χ4n) is 3.49. The van der Waals surface area contributed by atoms with Crippen molar-refractivity contribution in [1.82, 2.24) is 15.0 Å². The summed E-state index contributed by atoms with van der Waals surface area (Å²) in [5.74, 6) is 1.55. The molecule has 6 nitrogen and oxygen atoms in total. The molecule has 2 aromatic heterocycles. The number of unbranched alkanes of at least 4 members (excludes halogenated alkanes) is 1. The molecule has 0 aliphatic rings. The van der Waals surface area contributed by atoms with E-state index in [1.165, 1.54) is 24.0 Å². The second-order valence-electron chi connectivity index (χ2n) is 7.10. The predicted molar refractivity (Wildman–Crippen MR) is 116 cm³/mol. The van der Waals surface area contributed by atoms with E-state index in [9.17, 15) is 0 Å². The first-order valence-electron chi connectivity index (χ1n) is 10.6. The van der Waals surface area contributed by atoms with Crippen LogP contribution in [0.15, 0.2) is 18.5 Å². The van der Waals surface area contributed by atoms with Crippen LogP contribution in [0.1, 0.15) is 76.6 Å². The largest absolute Gasteiger partial charge is 0.482 e. The average Bonchev–Trinajstić information content (AvgIpc) is 2.71. The van der Waals surface area contributed by atoms with Gasteiger partial charge in [-0.15, -0.1) is 0 Å². The zero-order valence-electron chi connectivity index (χ0n) is 17.8. The maximum absolute atomic E-state index is 6.10. The van der Waals surface area contributed by atoms with Crippen molar-refractivity contribution in [3.05, 3.63) is 35.3 Å². The van der Waals surface area contributed by atoms with Gasteiger partial charge in [-0.3, -0.25) is 4.98 Å². The highest BCUT2D eigenvalue weighted by Gasteiger charge is 2.15. The van der Waals surface area contributed by atoms with E-state index in [4.69, 9.17) is 10.5 Å². The van der Waals surface area contributed by atoms with Crippen molar-refractivity contribution in [2.75, 3.05) is 11.1 Å². The van der Waals surface area contributed by atoms with Crippen LogP contribution < -0.4 is 15.8 Å². The molecule has 2 heterocycles. The zero-order chi connectivity index (χ0) is 20.4. The summed E-state index contributed by atoms with van der Waals surface area (Å²) in [6, 6.07) is 2.44. The van der Waals surface area contributed by atoms with Gasteiger partial charge in [-0.1, -0.05) is 47.0 Å². The van der Waals surface area contributed by atoms with Gasteiger partial charge in [0.15, 0.2) is 11.6 Å². The Morgan fingerprint density at radius 1 is 1.07 bits per heavy atom. The van der Waals surface area contributed by atoms with Crippen LogP contribution in [-0.4, -0.2) is 21.0 Å². The lowest BCUT2D eigenvalue weighted by Gasteiger charge is -2.20. The van der Waals surface area contributed by atoms with E-state index in [1.807, 2.05) is 6.20 Å². The second-order valence-corrected chi connectivity index (χ2v) is 7.10. The van der Waals surface area contributed by atoms with Gasteiger partial charge in [-0.05, 0) is 42.9 Å². The summed E-state index contributed by atoms with van der Waals surface area (Å²) >= 11 is 0. The molecule has 0 aliphatic heterocycles. The van der Waals surface area contributed by atoms with Crippen molar-refractivity contribution in [2.45, 2.75) is 85.3 Å². The maximum Gasteiger partial charge on any atom is 0.222 e. The number of nitrogens with zero attached hydrogens (tertiary/aromatic N) is 3. The van der Waals surface area contributed by atoms with Crippen molar-refractivity contribution in [1.29, 1.82) is 0 Å². The van der Waals surface area contributed by atoms with Crippen LogP contribution >= 0.6 is 0 Å². The van der Waals surface area contributed by atoms with Crippen molar-refractivity contribution in [2.24, 2.45) is 0 Å². The third-order valence-corrected chi connectivity index (χ3v) is 5.00. The van der Waals surface area contributed by atoms with Crippen LogP contribution in [0.4, 0.5) is 11.8 Å². The smallest absolute Gasteiger partial charge is 0.222 e. The van der Waals surface area contributed by atoms with Gasteiger partial charge in [0.05, 0.1) is 11.9 Å². The van der Waals surface area contributed by atoms with Crippen molar-refractivity contribution in [3.8, 4) is 5.75 Å². The van der Waals surface area contributed by atoms with Crippen LogP contribution in [0.25, 0.3) is 0 Å². The minimum Gasteiger partial charge on any atom is -0.482 e. The van der Waals surface area contributed by atoms with Crippen molar-refractivity contribution in [3.63, 3.8) is 0 Å². The Hall–Kier alpha value is -2.37. The molecule has 6 heteroatoms. The minimum absolute atomic E-state index is 0.251. The molecule has 1 atom stereocenters. The molecule has 154 valence electrons. The van der Waals surface area contributed by atoms with Gasteiger partial charge in [0, 0.05) is 12.2 Å². The summed E-state index contributed by atoms with van der Waals surface area (Å²) < 4.78 is 6.10. The number of hydrogen-bond acceptors (Lipinski definition) is 6. The lowest BCUT2D eigenvalue weighted by molar-refractivity contribution is 0.298. The van der Waals surface area contributed by atoms with Gasteiger partial charge in [-0.25, -0.2) is 4.98 Å². The highest BCUT2D eigenvalue weighted by molar-refractivity contribution is 5.52. The normalized spacial score (nSPS) is 12.0. The molecule has 28 heavy (non-hydrogen) atoms. The summed E-state index contributed by atoms with van der Waals surface area (Å²) in [6.45, 7) is 9.13. The SMILES string of the molecule is CCCC[C@@H](CCC)Nc1nc(N)ncc1OCc1nccc(CC)c1CC. The van der Waals surface area contributed by atoms with Crippen LogP contribution in [0.2, 0.25) is 0 Å². The molecular weight excluding hydrogens is 350 g/mol. The van der Waals surface area contributed by atoms with E-state index >= 15 is 0 Å². The standard InChI is InChI=1S/C22H35N5O/c1-5-9-11-17(10-6-2)26-21-20(14-25-22(23)27-21)28-15-19-18(8-4)16(7-3)12-13-24-19/h12-14,17H,5-11,15H2,1-4H3,(H3,23,25,26,27)/t17-/m1/s1. The number of aryl methyl sites for hydroxylation is 1. The number of nitrogen functional groups attached to an aromatic ring is 1. The predicted octanol–water partition coefficient (Wildman–Crippen LogP) is 4.93. The maximum atomic E-state index is 6.10. The quantitative estimate of drug-likeness (QED) is 0.539. The molecule has 0 radical (unpaired) electrons. The molecule has 0 saturated carbocycles. The van der Waals surface area contributed by atoms with E-state index in [0.717, 1.165) is 37.8 Å². The number of nitrogens with two attached hydrogens (primary N) is 1. The third kappa shape index (κ3) is 6.08. The lowest BCUT2D eigenvalue weighted by Crippen LogP contribution is -2.21. The Kier molecular flexibility index (Phi) is 8.98. The number of pyridine rings is 1. The third-order valence-electron chi connectivity index (χ3n) is 5.00. The number of nitrogens with one attached hydrogen (secondary N) is 1. The first-order chi connectivity index (χ1) is 13.6. The minimum atomic E-state index is 0.251. The van der Waals surface area contributed by atoms with Gasteiger partial charge in [0.1, 0.15) is 6.61 Å². The average molecular weight is 386 g/mol. The number of anilines is 2. The summed E-state index contributed by atoms with van der Waals surface area (Å²) in [4.78, 5) is 13.1. The Morgan fingerprint density at radius 3 is 2.57 bits per heavy atom. The van der Waals surface area contributed by atoms with Gasteiger partial charge in [0.2, 0.25) is 5.95 Å². The number of ether oxygens (including phenoxy) is 1. The first kappa shape index (κ1) is 21.9. The Labute approximate surface area is 169 Å². The van der Waals surface area contributed by atoms with Crippen LogP contribution in [-0.2, 0) is 19.4 Å². The van der Waals surface area contributed by atoms with Crippen molar-refractivity contribution < 1.29 is 4.74 Å². The van der Waals surface area contributed by atoms with Crippen LogP contribution in [0.3, 0.4) is 0 Å². The fourth-order valence-corrected chi connectivity index (χ4v) is 3.49. The number of hydrogen-bond donors (Lipinski definition) is 2. The molecule has 0 fully saturated rings. The van der Waals surface area contributed by atoms with Gasteiger partial charge in [-0.2, -0.15) is 4.98 Å². The molecule has 0 aliphatic carbocycles. The van der Waals surface area contributed by atoms with Crippen LogP contribution in [0.5, 0.6) is 5.75 Å². The number of aromatic nitrogens is 3. The number of rotatable bonds is 12. The van der Waals surface area contributed by atoms with Crippen molar-refractivity contribution >= 4 is 11.8 Å². The van der Waals surface area contributed by atoms with E-state index in [-0.39, 0.29) is 5.95 Å². The molecule has 0 saturated heterocycles. The van der Waals surface area contributed by atoms with Gasteiger partial charge >= 0.3 is 0 Å². The molecule has 0 bridgehead atoms. The molecule has 0 spiro atoms. The first-order valence-corrected chi connectivity index (χ1v) is 10.6. The molecule has 0 unspecified atom stereocenters. The summed E-state index contributed by atoms with van der Waals surface area (Å²) in [7, 11) is 0. The highest BCUT2D eigenvalue weighted by Crippen LogP contribution is 2.26. The molecule has 0 amide bonds. The highest BCUT2D eigenvalue weighted by atomic mass is 16.5. The Balaban J connectivity index is 2.18. The molecular formula is C22H35N5O. The van der Waals surface area contributed by atoms with Gasteiger partial charge in [0.25, 0.3) is 0 Å². The summed E-state index contributed by atoms with van der Waals surface area (Å²) in [5, 5.41) is 3.54. The van der Waals surface area contributed by atoms with E-state index in [2.05, 4.69) is 54.0 Å². The zero-order valence-corrected chi connectivity index (χ0v) is 17.8. The second kappa shape index (κ2) is 11.5.